The number of fused-ring (bicyclic) bond motifs is 1. The van der Waals surface area contributed by atoms with E-state index in [1.165, 1.54) is 4.57 Å². The first-order chi connectivity index (χ1) is 10.5. The normalized spacial score (nSPS) is 15.4. The lowest BCUT2D eigenvalue weighted by molar-refractivity contribution is -0.119. The van der Waals surface area contributed by atoms with Gasteiger partial charge in [-0.15, -0.1) is 0 Å². The standard InChI is InChI=1S/C15H18N4O3/c1-16-12-4-3-11(9-13(12)17(2)15(16)22)14(21)19-7-5-18(10-20)6-8-19/h3-4,9-10H,5-8H2,1-2H3. The van der Waals surface area contributed by atoms with Gasteiger partial charge in [-0.25, -0.2) is 4.79 Å². The van der Waals surface area contributed by atoms with Crippen molar-refractivity contribution in [1.29, 1.82) is 0 Å². The van der Waals surface area contributed by atoms with Crippen LogP contribution in [0.1, 0.15) is 10.4 Å². The second-order valence-corrected chi connectivity index (χ2v) is 5.54. The Labute approximate surface area is 127 Å². The van der Waals surface area contributed by atoms with Gasteiger partial charge in [-0.1, -0.05) is 0 Å². The molecule has 1 aliphatic rings. The number of amides is 2. The van der Waals surface area contributed by atoms with E-state index in [0.29, 0.717) is 31.7 Å². The van der Waals surface area contributed by atoms with E-state index >= 15 is 0 Å². The summed E-state index contributed by atoms with van der Waals surface area (Å²) in [5, 5.41) is 0. The quantitative estimate of drug-likeness (QED) is 0.721. The fourth-order valence-electron chi connectivity index (χ4n) is 2.85. The Balaban J connectivity index is 1.90. The highest BCUT2D eigenvalue weighted by atomic mass is 16.2. The lowest BCUT2D eigenvalue weighted by atomic mass is 10.1. The minimum atomic E-state index is -0.112. The molecular weight excluding hydrogens is 284 g/mol. The maximum atomic E-state index is 12.6. The van der Waals surface area contributed by atoms with Gasteiger partial charge in [0.2, 0.25) is 6.41 Å². The zero-order valence-electron chi connectivity index (χ0n) is 12.7. The lowest BCUT2D eigenvalue weighted by Crippen LogP contribution is -2.48. The van der Waals surface area contributed by atoms with Gasteiger partial charge in [0.1, 0.15) is 0 Å². The number of aromatic nitrogens is 2. The Kier molecular flexibility index (Phi) is 3.48. The molecule has 0 radical (unpaired) electrons. The van der Waals surface area contributed by atoms with E-state index in [1.54, 1.807) is 46.7 Å². The molecule has 0 unspecified atom stereocenters. The van der Waals surface area contributed by atoms with Crippen LogP contribution in [0.5, 0.6) is 0 Å². The highest BCUT2D eigenvalue weighted by Gasteiger charge is 2.22. The topological polar surface area (TPSA) is 67.6 Å². The van der Waals surface area contributed by atoms with Crippen molar-refractivity contribution in [3.63, 3.8) is 0 Å². The zero-order chi connectivity index (χ0) is 15.9. The van der Waals surface area contributed by atoms with Crippen LogP contribution in [0.3, 0.4) is 0 Å². The van der Waals surface area contributed by atoms with Gasteiger partial charge in [-0.2, -0.15) is 0 Å². The largest absolute Gasteiger partial charge is 0.342 e. The van der Waals surface area contributed by atoms with Gasteiger partial charge >= 0.3 is 5.69 Å². The fraction of sp³-hybridized carbons (Fsp3) is 0.400. The molecule has 0 atom stereocenters. The predicted octanol–water partition coefficient (Wildman–Crippen LogP) is -0.209. The molecule has 1 aromatic heterocycles. The first-order valence-corrected chi connectivity index (χ1v) is 7.17. The number of hydrogen-bond acceptors (Lipinski definition) is 3. The summed E-state index contributed by atoms with van der Waals surface area (Å²) in [7, 11) is 3.41. The third kappa shape index (κ3) is 2.18. The highest BCUT2D eigenvalue weighted by molar-refractivity contribution is 5.97. The Bertz CT molecular complexity index is 797. The first-order valence-electron chi connectivity index (χ1n) is 7.17. The molecule has 0 N–H and O–H groups in total. The van der Waals surface area contributed by atoms with Crippen LogP contribution in [-0.4, -0.2) is 57.4 Å². The molecule has 1 aromatic carbocycles. The van der Waals surface area contributed by atoms with Crippen molar-refractivity contribution >= 4 is 23.4 Å². The predicted molar refractivity (Wildman–Crippen MR) is 81.7 cm³/mol. The van der Waals surface area contributed by atoms with E-state index in [0.717, 1.165) is 17.4 Å². The molecule has 1 saturated heterocycles. The van der Waals surface area contributed by atoms with Gasteiger partial charge in [0.25, 0.3) is 5.91 Å². The molecule has 2 heterocycles. The van der Waals surface area contributed by atoms with E-state index in [2.05, 4.69) is 0 Å². The summed E-state index contributed by atoms with van der Waals surface area (Å²) in [5.41, 5.74) is 1.99. The van der Waals surface area contributed by atoms with Gasteiger partial charge in [0, 0.05) is 45.8 Å². The summed E-state index contributed by atoms with van der Waals surface area (Å²) < 4.78 is 3.10. The summed E-state index contributed by atoms with van der Waals surface area (Å²) in [5.74, 6) is -0.0660. The molecule has 2 amide bonds. The second-order valence-electron chi connectivity index (χ2n) is 5.54. The number of piperazine rings is 1. The summed E-state index contributed by atoms with van der Waals surface area (Å²) >= 11 is 0. The van der Waals surface area contributed by atoms with E-state index in [1.807, 2.05) is 0 Å². The molecule has 3 rings (SSSR count). The Hall–Kier alpha value is -2.57. The number of aryl methyl sites for hydroxylation is 2. The number of carbonyl (C=O) groups excluding carboxylic acids is 2. The van der Waals surface area contributed by atoms with Crippen LogP contribution in [-0.2, 0) is 18.9 Å². The molecular formula is C15H18N4O3. The Morgan fingerprint density at radius 2 is 1.68 bits per heavy atom. The molecule has 2 aromatic rings. The molecule has 0 aliphatic carbocycles. The number of rotatable bonds is 2. The summed E-state index contributed by atoms with van der Waals surface area (Å²) in [6.07, 6.45) is 0.813. The van der Waals surface area contributed by atoms with E-state index in [4.69, 9.17) is 0 Å². The van der Waals surface area contributed by atoms with Crippen LogP contribution in [0.25, 0.3) is 11.0 Å². The van der Waals surface area contributed by atoms with Crippen molar-refractivity contribution in [3.8, 4) is 0 Å². The average Bonchev–Trinajstić information content (AvgIpc) is 2.78. The van der Waals surface area contributed by atoms with Gasteiger partial charge < -0.3 is 9.80 Å². The number of carbonyl (C=O) groups is 2. The first kappa shape index (κ1) is 14.4. The van der Waals surface area contributed by atoms with Crippen molar-refractivity contribution in [2.75, 3.05) is 26.2 Å². The summed E-state index contributed by atoms with van der Waals surface area (Å²) in [4.78, 5) is 38.6. The van der Waals surface area contributed by atoms with Crippen molar-refractivity contribution in [2.24, 2.45) is 14.1 Å². The maximum Gasteiger partial charge on any atom is 0.328 e. The van der Waals surface area contributed by atoms with Crippen LogP contribution in [0, 0.1) is 0 Å². The van der Waals surface area contributed by atoms with Gasteiger partial charge in [-0.3, -0.25) is 18.7 Å². The van der Waals surface area contributed by atoms with Gasteiger partial charge in [0.05, 0.1) is 11.0 Å². The maximum absolute atomic E-state index is 12.6. The van der Waals surface area contributed by atoms with E-state index in [9.17, 15) is 14.4 Å². The van der Waals surface area contributed by atoms with Crippen molar-refractivity contribution in [1.82, 2.24) is 18.9 Å². The Morgan fingerprint density at radius 3 is 2.32 bits per heavy atom. The van der Waals surface area contributed by atoms with Crippen LogP contribution in [0.15, 0.2) is 23.0 Å². The van der Waals surface area contributed by atoms with Gasteiger partial charge in [-0.05, 0) is 18.2 Å². The van der Waals surface area contributed by atoms with Crippen LogP contribution >= 0.6 is 0 Å². The van der Waals surface area contributed by atoms with Crippen LogP contribution in [0.4, 0.5) is 0 Å². The third-order valence-corrected chi connectivity index (χ3v) is 4.27. The number of nitrogens with zero attached hydrogens (tertiary/aromatic N) is 4. The Morgan fingerprint density at radius 1 is 1.05 bits per heavy atom. The molecule has 0 saturated carbocycles. The molecule has 1 fully saturated rings. The number of imidazole rings is 1. The fourth-order valence-corrected chi connectivity index (χ4v) is 2.85. The number of benzene rings is 1. The van der Waals surface area contributed by atoms with Crippen LogP contribution < -0.4 is 5.69 Å². The molecule has 0 bridgehead atoms. The second kappa shape index (κ2) is 5.32. The number of hydrogen-bond donors (Lipinski definition) is 0. The molecule has 116 valence electrons. The average molecular weight is 302 g/mol. The van der Waals surface area contributed by atoms with Crippen molar-refractivity contribution < 1.29 is 9.59 Å². The molecule has 7 nitrogen and oxygen atoms in total. The molecule has 1 aliphatic heterocycles. The summed E-state index contributed by atoms with van der Waals surface area (Å²) in [6.45, 7) is 2.18. The monoisotopic (exact) mass is 302 g/mol. The van der Waals surface area contributed by atoms with Gasteiger partial charge in [0.15, 0.2) is 0 Å². The highest BCUT2D eigenvalue weighted by Crippen LogP contribution is 2.16. The van der Waals surface area contributed by atoms with Crippen molar-refractivity contribution in [3.05, 3.63) is 34.2 Å². The minimum Gasteiger partial charge on any atom is -0.342 e. The van der Waals surface area contributed by atoms with E-state index in [-0.39, 0.29) is 11.6 Å². The van der Waals surface area contributed by atoms with E-state index < -0.39 is 0 Å². The lowest BCUT2D eigenvalue weighted by Gasteiger charge is -2.32. The molecule has 0 spiro atoms. The van der Waals surface area contributed by atoms with Crippen LogP contribution in [0.2, 0.25) is 0 Å². The zero-order valence-corrected chi connectivity index (χ0v) is 12.7. The smallest absolute Gasteiger partial charge is 0.328 e. The minimum absolute atomic E-state index is 0.0660. The molecule has 7 heteroatoms. The summed E-state index contributed by atoms with van der Waals surface area (Å²) in [6, 6.07) is 5.30. The SMILES string of the molecule is Cn1c(=O)n(C)c2cc(C(=O)N3CCN(C=O)CC3)ccc21. The van der Waals surface area contributed by atoms with Crippen molar-refractivity contribution in [2.45, 2.75) is 0 Å². The molecule has 22 heavy (non-hydrogen) atoms. The third-order valence-electron chi connectivity index (χ3n) is 4.27.